The molecular formula is C114H128Cl2N4O2S2. The summed E-state index contributed by atoms with van der Waals surface area (Å²) in [7, 11) is 0. The summed E-state index contributed by atoms with van der Waals surface area (Å²) in [5, 5.41) is 22.4. The number of carbonyl (C=O) groups is 2. The third kappa shape index (κ3) is 19.9. The summed E-state index contributed by atoms with van der Waals surface area (Å²) in [4.78, 5) is 42.8. The maximum absolute atomic E-state index is 15.6. The van der Waals surface area contributed by atoms with Crippen molar-refractivity contribution in [3.8, 4) is 33.0 Å². The summed E-state index contributed by atoms with van der Waals surface area (Å²) < 4.78 is 0. The average Bonchev–Trinajstić information content (AvgIpc) is 1.50. The summed E-state index contributed by atoms with van der Waals surface area (Å²) in [5.74, 6) is -0.496. The lowest BCUT2D eigenvalue weighted by molar-refractivity contribution is 0.103. The number of nitriles is 2. The van der Waals surface area contributed by atoms with E-state index in [1.54, 1.807) is 34.8 Å². The van der Waals surface area contributed by atoms with Crippen LogP contribution in [0, 0.1) is 35.8 Å². The van der Waals surface area contributed by atoms with E-state index in [2.05, 4.69) is 174 Å². The van der Waals surface area contributed by atoms with E-state index in [0.717, 1.165) is 242 Å². The Morgan fingerprint density at radius 2 is 0.597 bits per heavy atom. The molecule has 0 spiro atoms. The lowest BCUT2D eigenvalue weighted by Gasteiger charge is -2.37. The molecule has 4 aliphatic carbocycles. The van der Waals surface area contributed by atoms with E-state index in [0.29, 0.717) is 33.4 Å². The second-order valence-electron chi connectivity index (χ2n) is 35.9. The van der Waals surface area contributed by atoms with Crippen LogP contribution >= 0.6 is 45.9 Å². The molecule has 0 aliphatic heterocycles. The van der Waals surface area contributed by atoms with Crippen molar-refractivity contribution in [2.75, 3.05) is 0 Å². The molecule has 4 aliphatic rings. The van der Waals surface area contributed by atoms with Crippen LogP contribution in [0.2, 0.25) is 10.0 Å². The normalized spacial score (nSPS) is 15.2. The third-order valence-corrected chi connectivity index (χ3v) is 29.7. The van der Waals surface area contributed by atoms with Gasteiger partial charge in [-0.3, -0.25) is 9.59 Å². The van der Waals surface area contributed by atoms with E-state index in [4.69, 9.17) is 36.3 Å². The number of unbranched alkanes of at least 4 members (excludes halogenated alkanes) is 24. The first-order valence-corrected chi connectivity index (χ1v) is 50.2. The molecule has 0 fully saturated rings. The van der Waals surface area contributed by atoms with Crippen molar-refractivity contribution in [2.45, 2.75) is 323 Å². The van der Waals surface area contributed by atoms with Gasteiger partial charge in [0.15, 0.2) is 11.6 Å². The Bertz CT molecular complexity index is 5380. The van der Waals surface area contributed by atoms with Crippen molar-refractivity contribution >= 4 is 80.7 Å². The Balaban J connectivity index is 1.24. The number of thiophene rings is 2. The molecule has 0 saturated carbocycles. The molecule has 0 N–H and O–H groups in total. The van der Waals surface area contributed by atoms with E-state index >= 15 is 9.59 Å². The van der Waals surface area contributed by atoms with Crippen LogP contribution in [0.4, 0.5) is 0 Å². The van der Waals surface area contributed by atoms with Crippen LogP contribution < -0.4 is 0 Å². The highest BCUT2D eigenvalue weighted by atomic mass is 35.5. The van der Waals surface area contributed by atoms with Crippen LogP contribution in [0.5, 0.6) is 0 Å². The smallest absolute Gasteiger partial charge is 0.270 e. The molecule has 13 rings (SSSR count). The number of nitrogens with zero attached hydrogens (tertiary/aromatic N) is 4. The zero-order chi connectivity index (χ0) is 87.3. The molecule has 0 unspecified atom stereocenters. The van der Waals surface area contributed by atoms with E-state index in [1.165, 1.54) is 135 Å². The molecule has 124 heavy (non-hydrogen) atoms. The van der Waals surface area contributed by atoms with Gasteiger partial charge in [-0.15, -0.1) is 22.7 Å². The summed E-state index contributed by atoms with van der Waals surface area (Å²) in [6.07, 6.45) is 47.9. The number of allylic oxidation sites excluding steroid dienone is 6. The van der Waals surface area contributed by atoms with E-state index in [9.17, 15) is 10.5 Å². The summed E-state index contributed by atoms with van der Waals surface area (Å²) in [5.41, 5.74) is 23.7. The highest BCUT2D eigenvalue weighted by molar-refractivity contribution is 7.17. The summed E-state index contributed by atoms with van der Waals surface area (Å²) in [6.45, 7) is 35.5. The van der Waals surface area contributed by atoms with Crippen molar-refractivity contribution < 1.29 is 9.59 Å². The Morgan fingerprint density at radius 3 is 0.871 bits per heavy atom. The van der Waals surface area contributed by atoms with Crippen LogP contribution in [0.15, 0.2) is 156 Å². The van der Waals surface area contributed by atoms with Crippen LogP contribution in [0.25, 0.3) is 53.9 Å². The number of hydrogen-bond donors (Lipinski definition) is 0. The van der Waals surface area contributed by atoms with Gasteiger partial charge in [0.1, 0.15) is 0 Å². The fourth-order valence-electron chi connectivity index (χ4n) is 20.5. The largest absolute Gasteiger partial charge is 0.289 e. The Kier molecular flexibility index (Phi) is 33.0. The van der Waals surface area contributed by atoms with Gasteiger partial charge in [0.2, 0.25) is 0 Å². The van der Waals surface area contributed by atoms with Crippen molar-refractivity contribution in [3.63, 3.8) is 0 Å². The molecule has 642 valence electrons. The maximum Gasteiger partial charge on any atom is 0.270 e. The van der Waals surface area contributed by atoms with Gasteiger partial charge in [0, 0.05) is 52.9 Å². The SMILES string of the molecule is [C-]#[N+]/C(C#N)=C1\C(=C\c2cc3c(s2)-c2cc4c(cc2C3(c2cc(CCCCCC)cc(CCCCCC)c2)c2cc(CCCCCC)cc(CCCCCC)c2)-c2sc(/C=C3\C(=O)c5ccccc5\C3=C(\C#N)[N+]#[C-])cc2C4(c2cc(CCCCCC)cc(CCCCCC)c2)c2cc(CCCCCC)cc(CCCCCC)c2)C(=O)c2cc(Cl)c(Cl)cc21. The Morgan fingerprint density at radius 1 is 0.331 bits per heavy atom. The summed E-state index contributed by atoms with van der Waals surface area (Å²) >= 11 is 17.2. The predicted octanol–water partition coefficient (Wildman–Crippen LogP) is 33.7. The Hall–Kier alpha value is -9.22. The number of carbonyl (C=O) groups excluding carboxylic acids is 2. The molecular weight excluding hydrogens is 1590 g/mol. The fourth-order valence-corrected chi connectivity index (χ4v) is 23.2. The van der Waals surface area contributed by atoms with Gasteiger partial charge in [-0.2, -0.15) is 0 Å². The van der Waals surface area contributed by atoms with Crippen LogP contribution in [0.1, 0.15) is 391 Å². The maximum atomic E-state index is 15.6. The number of ketones is 2. The first kappa shape index (κ1) is 92.4. The van der Waals surface area contributed by atoms with E-state index in [1.807, 2.05) is 36.4 Å². The van der Waals surface area contributed by atoms with Gasteiger partial charge >= 0.3 is 0 Å². The molecule has 2 heterocycles. The van der Waals surface area contributed by atoms with Crippen molar-refractivity contribution in [3.05, 3.63) is 310 Å². The molecule has 9 aromatic rings. The molecule has 0 bridgehead atoms. The minimum Gasteiger partial charge on any atom is -0.289 e. The van der Waals surface area contributed by atoms with Gasteiger partial charge in [-0.1, -0.05) is 330 Å². The first-order chi connectivity index (χ1) is 60.6. The molecule has 2 aromatic heterocycles. The highest BCUT2D eigenvalue weighted by Crippen LogP contribution is 2.66. The van der Waals surface area contributed by atoms with Gasteiger partial charge in [-0.25, -0.2) is 20.2 Å². The number of Topliss-reactive ketones (excluding diaryl/α,β-unsaturated/α-hetero) is 2. The lowest BCUT2D eigenvalue weighted by Crippen LogP contribution is -2.31. The monoisotopic (exact) mass is 1720 g/mol. The predicted molar refractivity (Wildman–Crippen MR) is 525 cm³/mol. The second kappa shape index (κ2) is 44.3. The van der Waals surface area contributed by atoms with Crippen LogP contribution in [-0.2, 0) is 62.2 Å². The molecule has 0 atom stereocenters. The number of aryl methyl sites for hydroxylation is 8. The number of hydrogen-bond acceptors (Lipinski definition) is 6. The molecule has 0 radical (unpaired) electrons. The third-order valence-electron chi connectivity index (χ3n) is 26.8. The zero-order valence-corrected chi connectivity index (χ0v) is 78.5. The number of fused-ring (bicyclic) bond motifs is 8. The highest BCUT2D eigenvalue weighted by Gasteiger charge is 2.54. The zero-order valence-electron chi connectivity index (χ0n) is 75.3. The van der Waals surface area contributed by atoms with E-state index in [-0.39, 0.29) is 44.2 Å². The topological polar surface area (TPSA) is 90.4 Å². The van der Waals surface area contributed by atoms with Gasteiger partial charge < -0.3 is 0 Å². The molecule has 10 heteroatoms. The minimum absolute atomic E-state index is 0.0956. The molecule has 0 saturated heterocycles. The molecule has 6 nitrogen and oxygen atoms in total. The number of rotatable bonds is 46. The van der Waals surface area contributed by atoms with Gasteiger partial charge in [-0.05, 0) is 263 Å². The summed E-state index contributed by atoms with van der Waals surface area (Å²) in [6, 6.07) is 56.4. The number of benzene rings is 7. The van der Waals surface area contributed by atoms with Gasteiger partial charge in [0.05, 0.1) is 46.2 Å². The molecule has 0 amide bonds. The standard InChI is InChI=1S/C114H128Cl2N4O2S2/c1-11-19-27-35-45-77-55-78(46-36-28-20-12-2)60-85(59-77)113(86-61-79(47-37-29-21-13-3)56-80(62-86)48-38-30-22-14-4)99-72-96-100(71-95(99)111-101(113)69-89(123-111)67-97-107(105(75-117)119-9)91-53-43-44-54-92(91)109(97)121)114(87-63-81(49-39-31-23-15-5)57-82(64-87)50-40-32-24-16-6,88-65-83(51-41-33-25-17-7)58-84(66-88)52-42-34-26-18-8)102-70-90(124-112(96)102)68-98-108(106(76-118)120-10)93-73-103(115)104(116)74-94(93)110(98)122/h43-44,53-74H,11-42,45-52H2,1-8H3/b97-67-,98-68-,107-105+,108-106-. The van der Waals surface area contributed by atoms with Crippen molar-refractivity contribution in [2.24, 2.45) is 0 Å². The number of halogens is 2. The van der Waals surface area contributed by atoms with Gasteiger partial charge in [0.25, 0.3) is 11.4 Å². The first-order valence-electron chi connectivity index (χ1n) is 47.8. The minimum atomic E-state index is -0.977. The van der Waals surface area contributed by atoms with Crippen LogP contribution in [0.3, 0.4) is 0 Å². The van der Waals surface area contributed by atoms with Crippen LogP contribution in [-0.4, -0.2) is 11.6 Å². The molecule has 7 aromatic carbocycles. The van der Waals surface area contributed by atoms with Crippen molar-refractivity contribution in [1.29, 1.82) is 10.5 Å². The lowest BCUT2D eigenvalue weighted by atomic mass is 9.64. The van der Waals surface area contributed by atoms with E-state index < -0.39 is 10.8 Å². The quantitative estimate of drug-likeness (QED) is 0.0165. The fraction of sp³-hybridized carbons (Fsp3) is 0.439. The van der Waals surface area contributed by atoms with Crippen molar-refractivity contribution in [1.82, 2.24) is 0 Å². The Labute approximate surface area is 761 Å². The second-order valence-corrected chi connectivity index (χ2v) is 38.9. The average molecular weight is 1720 g/mol.